The van der Waals surface area contributed by atoms with Crippen molar-refractivity contribution in [2.75, 3.05) is 24.6 Å². The second-order valence-electron chi connectivity index (χ2n) is 8.48. The first-order chi connectivity index (χ1) is 12.2. The highest BCUT2D eigenvalue weighted by atomic mass is 31.2. The SMILES string of the molecule is CCCCCC[P+](CCCCCC)(CCCCCC)CCCCCC. The van der Waals surface area contributed by atoms with E-state index in [-0.39, 0.29) is 0 Å². The molecule has 152 valence electrons. The molecule has 0 saturated carbocycles. The lowest BCUT2D eigenvalue weighted by molar-refractivity contribution is 0.673. The molecule has 0 aliphatic heterocycles. The Morgan fingerprint density at radius 2 is 0.560 bits per heavy atom. The van der Waals surface area contributed by atoms with Gasteiger partial charge in [0.25, 0.3) is 0 Å². The van der Waals surface area contributed by atoms with Crippen molar-refractivity contribution in [1.29, 1.82) is 0 Å². The summed E-state index contributed by atoms with van der Waals surface area (Å²) in [7, 11) is -0.657. The van der Waals surface area contributed by atoms with E-state index in [0.29, 0.717) is 0 Å². The molecule has 0 amide bonds. The standard InChI is InChI=1S/C24H52P/c1-5-9-13-17-21-25(22-18-14-10-6-2,23-19-15-11-7-3)24-20-16-12-8-4/h5-24H2,1-4H3/q+1. The third kappa shape index (κ3) is 15.2. The summed E-state index contributed by atoms with van der Waals surface area (Å²) in [4.78, 5) is 0. The lowest BCUT2D eigenvalue weighted by Gasteiger charge is -2.28. The van der Waals surface area contributed by atoms with Gasteiger partial charge in [0.05, 0.1) is 24.6 Å². The predicted molar refractivity (Wildman–Crippen MR) is 123 cm³/mol. The molecule has 0 aromatic rings. The van der Waals surface area contributed by atoms with E-state index < -0.39 is 7.26 Å². The number of hydrogen-bond acceptors (Lipinski definition) is 0. The topological polar surface area (TPSA) is 0 Å². The summed E-state index contributed by atoms with van der Waals surface area (Å²) in [6.07, 6.45) is 30.1. The number of unbranched alkanes of at least 4 members (excludes halogenated alkanes) is 12. The van der Waals surface area contributed by atoms with Crippen molar-refractivity contribution in [3.63, 3.8) is 0 Å². The van der Waals surface area contributed by atoms with E-state index in [1.54, 1.807) is 24.6 Å². The summed E-state index contributed by atoms with van der Waals surface area (Å²) in [5.74, 6) is 0. The number of rotatable bonds is 20. The van der Waals surface area contributed by atoms with E-state index in [0.717, 1.165) is 0 Å². The highest BCUT2D eigenvalue weighted by Crippen LogP contribution is 2.61. The molecular weight excluding hydrogens is 319 g/mol. The largest absolute Gasteiger partial charge is 0.0654 e. The van der Waals surface area contributed by atoms with Crippen LogP contribution in [0.4, 0.5) is 0 Å². The Hall–Kier alpha value is 0.430. The molecule has 0 saturated heterocycles. The first-order valence-electron chi connectivity index (χ1n) is 12.1. The molecule has 0 fully saturated rings. The van der Waals surface area contributed by atoms with Crippen LogP contribution in [0.2, 0.25) is 0 Å². The first kappa shape index (κ1) is 25.4. The molecule has 0 aliphatic carbocycles. The molecule has 0 nitrogen and oxygen atoms in total. The summed E-state index contributed by atoms with van der Waals surface area (Å²) in [5, 5.41) is 0. The van der Waals surface area contributed by atoms with Crippen LogP contribution >= 0.6 is 7.26 Å². The van der Waals surface area contributed by atoms with E-state index in [4.69, 9.17) is 0 Å². The summed E-state index contributed by atoms with van der Waals surface area (Å²) in [6.45, 7) is 9.40. The molecule has 0 spiro atoms. The maximum atomic E-state index is 2.35. The van der Waals surface area contributed by atoms with Gasteiger partial charge in [-0.1, -0.05) is 79.1 Å². The summed E-state index contributed by atoms with van der Waals surface area (Å²) in [6, 6.07) is 0. The molecule has 0 aromatic carbocycles. The van der Waals surface area contributed by atoms with Gasteiger partial charge in [-0.05, 0) is 51.4 Å². The minimum atomic E-state index is -0.657. The van der Waals surface area contributed by atoms with E-state index in [1.807, 2.05) is 0 Å². The molecule has 0 radical (unpaired) electrons. The Bertz CT molecular complexity index is 195. The fourth-order valence-electron chi connectivity index (χ4n) is 4.17. The van der Waals surface area contributed by atoms with Crippen molar-refractivity contribution in [1.82, 2.24) is 0 Å². The fraction of sp³-hybridized carbons (Fsp3) is 1.00. The number of hydrogen-bond donors (Lipinski definition) is 0. The zero-order valence-electron chi connectivity index (χ0n) is 18.6. The van der Waals surface area contributed by atoms with Gasteiger partial charge in [0, 0.05) is 7.26 Å². The van der Waals surface area contributed by atoms with Crippen LogP contribution in [0.5, 0.6) is 0 Å². The molecule has 0 N–H and O–H groups in total. The molecule has 0 heterocycles. The van der Waals surface area contributed by atoms with Gasteiger partial charge in [-0.25, -0.2) is 0 Å². The van der Waals surface area contributed by atoms with Crippen LogP contribution in [-0.4, -0.2) is 24.6 Å². The average Bonchev–Trinajstić information content (AvgIpc) is 2.63. The van der Waals surface area contributed by atoms with Crippen molar-refractivity contribution >= 4 is 7.26 Å². The Morgan fingerprint density at radius 3 is 0.760 bits per heavy atom. The normalized spacial score (nSPS) is 12.0. The smallest absolute Gasteiger partial charge is 0.0594 e. The minimum Gasteiger partial charge on any atom is -0.0654 e. The third-order valence-electron chi connectivity index (χ3n) is 5.94. The van der Waals surface area contributed by atoms with Crippen molar-refractivity contribution in [3.8, 4) is 0 Å². The van der Waals surface area contributed by atoms with Gasteiger partial charge in [-0.3, -0.25) is 0 Å². The van der Waals surface area contributed by atoms with E-state index in [1.165, 1.54) is 103 Å². The molecule has 0 atom stereocenters. The lowest BCUT2D eigenvalue weighted by atomic mass is 10.2. The van der Waals surface area contributed by atoms with Crippen molar-refractivity contribution in [3.05, 3.63) is 0 Å². The Balaban J connectivity index is 4.62. The Labute approximate surface area is 162 Å². The zero-order chi connectivity index (χ0) is 18.6. The van der Waals surface area contributed by atoms with Gasteiger partial charge >= 0.3 is 0 Å². The molecule has 0 rings (SSSR count). The second kappa shape index (κ2) is 19.2. The summed E-state index contributed by atoms with van der Waals surface area (Å²) < 4.78 is 0. The molecule has 1 heteroatoms. The zero-order valence-corrected chi connectivity index (χ0v) is 19.5. The molecule has 0 unspecified atom stereocenters. The molecular formula is C24H52P+. The summed E-state index contributed by atoms with van der Waals surface area (Å²) >= 11 is 0. The van der Waals surface area contributed by atoms with Gasteiger partial charge < -0.3 is 0 Å². The van der Waals surface area contributed by atoms with Crippen LogP contribution in [-0.2, 0) is 0 Å². The van der Waals surface area contributed by atoms with Gasteiger partial charge in [-0.15, -0.1) is 0 Å². The van der Waals surface area contributed by atoms with Gasteiger partial charge in [-0.2, -0.15) is 0 Å². The highest BCUT2D eigenvalue weighted by Gasteiger charge is 2.34. The monoisotopic (exact) mass is 371 g/mol. The minimum absolute atomic E-state index is 0.657. The van der Waals surface area contributed by atoms with Crippen molar-refractivity contribution in [2.24, 2.45) is 0 Å². The van der Waals surface area contributed by atoms with Gasteiger partial charge in [0.2, 0.25) is 0 Å². The second-order valence-corrected chi connectivity index (χ2v) is 13.0. The van der Waals surface area contributed by atoms with Crippen molar-refractivity contribution in [2.45, 2.75) is 130 Å². The Morgan fingerprint density at radius 1 is 0.320 bits per heavy atom. The quantitative estimate of drug-likeness (QED) is 0.148. The van der Waals surface area contributed by atoms with Crippen LogP contribution in [0, 0.1) is 0 Å². The van der Waals surface area contributed by atoms with E-state index in [2.05, 4.69) is 27.7 Å². The maximum Gasteiger partial charge on any atom is 0.0594 e. The maximum absolute atomic E-state index is 2.35. The van der Waals surface area contributed by atoms with Crippen LogP contribution in [0.25, 0.3) is 0 Å². The van der Waals surface area contributed by atoms with E-state index >= 15 is 0 Å². The highest BCUT2D eigenvalue weighted by molar-refractivity contribution is 7.75. The average molecular weight is 372 g/mol. The molecule has 25 heavy (non-hydrogen) atoms. The van der Waals surface area contributed by atoms with Gasteiger partial charge in [0.1, 0.15) is 0 Å². The van der Waals surface area contributed by atoms with Gasteiger partial charge in [0.15, 0.2) is 0 Å². The summed E-state index contributed by atoms with van der Waals surface area (Å²) in [5.41, 5.74) is 0. The van der Waals surface area contributed by atoms with Crippen LogP contribution in [0.15, 0.2) is 0 Å². The third-order valence-corrected chi connectivity index (χ3v) is 11.0. The van der Waals surface area contributed by atoms with Crippen LogP contribution in [0.1, 0.15) is 130 Å². The molecule has 0 aromatic heterocycles. The fourth-order valence-corrected chi connectivity index (χ4v) is 9.09. The van der Waals surface area contributed by atoms with E-state index in [9.17, 15) is 0 Å². The van der Waals surface area contributed by atoms with Crippen molar-refractivity contribution < 1.29 is 0 Å². The van der Waals surface area contributed by atoms with Crippen LogP contribution in [0.3, 0.4) is 0 Å². The Kier molecular flexibility index (Phi) is 19.5. The predicted octanol–water partition coefficient (Wildman–Crippen LogP) is 9.33. The molecule has 0 aliphatic rings. The first-order valence-corrected chi connectivity index (χ1v) is 14.6. The van der Waals surface area contributed by atoms with Crippen LogP contribution < -0.4 is 0 Å². The molecule has 0 bridgehead atoms. The lowest BCUT2D eigenvalue weighted by Crippen LogP contribution is -2.13.